The highest BCUT2D eigenvalue weighted by Crippen LogP contribution is 2.19. The largest absolute Gasteiger partial charge is 0.379 e. The van der Waals surface area contributed by atoms with Crippen LogP contribution in [0.4, 0.5) is 0 Å². The molecule has 108 valence electrons. The quantitative estimate of drug-likeness (QED) is 0.720. The maximum absolute atomic E-state index is 6.20. The van der Waals surface area contributed by atoms with Crippen molar-refractivity contribution in [2.24, 2.45) is 5.73 Å². The lowest BCUT2D eigenvalue weighted by Crippen LogP contribution is -2.17. The summed E-state index contributed by atoms with van der Waals surface area (Å²) >= 11 is 0. The monoisotopic (exact) mass is 271 g/mol. The molecule has 1 unspecified atom stereocenters. The number of nitrogens with two attached hydrogens (primary N) is 1. The van der Waals surface area contributed by atoms with Crippen molar-refractivity contribution in [2.45, 2.75) is 38.6 Å². The molecule has 2 nitrogen and oxygen atoms in total. The Morgan fingerprint density at radius 3 is 2.60 bits per heavy atom. The van der Waals surface area contributed by atoms with Crippen LogP contribution in [-0.4, -0.2) is 13.2 Å². The van der Waals surface area contributed by atoms with Crippen LogP contribution in [0.3, 0.4) is 0 Å². The van der Waals surface area contributed by atoms with Gasteiger partial charge in [0.25, 0.3) is 0 Å². The van der Waals surface area contributed by atoms with Crippen LogP contribution in [0.5, 0.6) is 0 Å². The molecular weight excluding hydrogens is 246 g/mol. The second-order valence-electron chi connectivity index (χ2n) is 5.35. The van der Waals surface area contributed by atoms with Crippen molar-refractivity contribution in [3.05, 3.63) is 48.0 Å². The summed E-state index contributed by atoms with van der Waals surface area (Å²) in [6.45, 7) is 3.64. The van der Waals surface area contributed by atoms with Crippen LogP contribution in [0.25, 0.3) is 10.8 Å². The van der Waals surface area contributed by atoms with Crippen molar-refractivity contribution in [1.82, 2.24) is 0 Å². The predicted octanol–water partition coefficient (Wildman–Crippen LogP) is 4.44. The van der Waals surface area contributed by atoms with Gasteiger partial charge in [-0.05, 0) is 28.8 Å². The molecule has 2 aromatic rings. The van der Waals surface area contributed by atoms with E-state index in [0.717, 1.165) is 18.6 Å². The van der Waals surface area contributed by atoms with Crippen molar-refractivity contribution < 1.29 is 4.74 Å². The fraction of sp³-hybridized carbons (Fsp3) is 0.444. The van der Waals surface area contributed by atoms with Crippen LogP contribution in [0.1, 0.15) is 44.2 Å². The van der Waals surface area contributed by atoms with Gasteiger partial charge >= 0.3 is 0 Å². The van der Waals surface area contributed by atoms with Gasteiger partial charge in [-0.25, -0.2) is 0 Å². The molecule has 20 heavy (non-hydrogen) atoms. The maximum Gasteiger partial charge on any atom is 0.0659 e. The summed E-state index contributed by atoms with van der Waals surface area (Å²) in [6.07, 6.45) is 4.94. The van der Waals surface area contributed by atoms with Gasteiger partial charge < -0.3 is 10.5 Å². The van der Waals surface area contributed by atoms with E-state index in [2.05, 4.69) is 49.4 Å². The number of hydrogen-bond donors (Lipinski definition) is 1. The Hall–Kier alpha value is -1.38. The summed E-state index contributed by atoms with van der Waals surface area (Å²) in [5.74, 6) is 0. The molecule has 0 saturated carbocycles. The van der Waals surface area contributed by atoms with Crippen LogP contribution in [0.15, 0.2) is 42.5 Å². The van der Waals surface area contributed by atoms with Crippen molar-refractivity contribution in [1.29, 1.82) is 0 Å². The molecule has 0 heterocycles. The van der Waals surface area contributed by atoms with E-state index in [1.54, 1.807) is 0 Å². The lowest BCUT2D eigenvalue weighted by Gasteiger charge is -2.13. The third-order valence-electron chi connectivity index (χ3n) is 3.64. The molecule has 0 aliphatic rings. The summed E-state index contributed by atoms with van der Waals surface area (Å²) in [6, 6.07) is 14.7. The van der Waals surface area contributed by atoms with E-state index >= 15 is 0 Å². The van der Waals surface area contributed by atoms with E-state index in [9.17, 15) is 0 Å². The molecule has 0 aliphatic carbocycles. The summed E-state index contributed by atoms with van der Waals surface area (Å²) < 4.78 is 5.68. The van der Waals surface area contributed by atoms with Gasteiger partial charge in [-0.15, -0.1) is 0 Å². The number of unbranched alkanes of at least 4 members (excludes halogenated alkanes) is 3. The number of hydrogen-bond acceptors (Lipinski definition) is 2. The molecule has 0 spiro atoms. The first-order valence-electron chi connectivity index (χ1n) is 7.63. The van der Waals surface area contributed by atoms with Crippen LogP contribution in [-0.2, 0) is 4.74 Å². The van der Waals surface area contributed by atoms with E-state index in [4.69, 9.17) is 10.5 Å². The van der Waals surface area contributed by atoms with Crippen LogP contribution in [0.2, 0.25) is 0 Å². The normalized spacial score (nSPS) is 12.7. The Balaban J connectivity index is 1.83. The third-order valence-corrected chi connectivity index (χ3v) is 3.64. The highest BCUT2D eigenvalue weighted by atomic mass is 16.5. The predicted molar refractivity (Wildman–Crippen MR) is 85.8 cm³/mol. The first-order valence-corrected chi connectivity index (χ1v) is 7.63. The Morgan fingerprint density at radius 1 is 1.00 bits per heavy atom. The second kappa shape index (κ2) is 8.03. The van der Waals surface area contributed by atoms with Crippen molar-refractivity contribution >= 4 is 10.8 Å². The molecule has 0 bridgehead atoms. The zero-order valence-electron chi connectivity index (χ0n) is 12.3. The number of rotatable bonds is 8. The molecule has 0 aliphatic heterocycles. The minimum Gasteiger partial charge on any atom is -0.379 e. The number of fused-ring (bicyclic) bond motifs is 1. The van der Waals surface area contributed by atoms with E-state index in [-0.39, 0.29) is 6.04 Å². The molecule has 2 aromatic carbocycles. The molecule has 0 aromatic heterocycles. The van der Waals surface area contributed by atoms with E-state index in [1.165, 1.54) is 30.0 Å². The highest BCUT2D eigenvalue weighted by molar-refractivity contribution is 5.83. The smallest absolute Gasteiger partial charge is 0.0659 e. The van der Waals surface area contributed by atoms with Crippen molar-refractivity contribution in [2.75, 3.05) is 13.2 Å². The van der Waals surface area contributed by atoms with Crippen LogP contribution >= 0.6 is 0 Å². The molecule has 0 amide bonds. The van der Waals surface area contributed by atoms with Gasteiger partial charge in [0.15, 0.2) is 0 Å². The molecule has 1 atom stereocenters. The van der Waals surface area contributed by atoms with Crippen LogP contribution < -0.4 is 5.73 Å². The van der Waals surface area contributed by atoms with Gasteiger partial charge in [0.1, 0.15) is 0 Å². The summed E-state index contributed by atoms with van der Waals surface area (Å²) in [5.41, 5.74) is 7.35. The maximum atomic E-state index is 6.20. The fourth-order valence-corrected chi connectivity index (χ4v) is 2.38. The molecule has 0 saturated heterocycles. The van der Waals surface area contributed by atoms with E-state index < -0.39 is 0 Å². The van der Waals surface area contributed by atoms with Gasteiger partial charge in [-0.2, -0.15) is 0 Å². The molecule has 0 fully saturated rings. The topological polar surface area (TPSA) is 35.2 Å². The third kappa shape index (κ3) is 4.32. The number of benzene rings is 2. The van der Waals surface area contributed by atoms with Gasteiger partial charge in [0, 0.05) is 6.61 Å². The van der Waals surface area contributed by atoms with Gasteiger partial charge in [-0.1, -0.05) is 62.6 Å². The molecule has 2 heteroatoms. The van der Waals surface area contributed by atoms with Gasteiger partial charge in [0.05, 0.1) is 12.6 Å². The summed E-state index contributed by atoms with van der Waals surface area (Å²) in [4.78, 5) is 0. The molecule has 2 N–H and O–H groups in total. The second-order valence-corrected chi connectivity index (χ2v) is 5.35. The standard InChI is InChI=1S/C18H25NO/c1-2-3-4-7-12-20-14-18(19)17-11-10-15-8-5-6-9-16(15)13-17/h5-6,8-11,13,18H,2-4,7,12,14,19H2,1H3. The van der Waals surface area contributed by atoms with Crippen molar-refractivity contribution in [3.8, 4) is 0 Å². The van der Waals surface area contributed by atoms with E-state index in [0.29, 0.717) is 6.61 Å². The zero-order valence-corrected chi connectivity index (χ0v) is 12.3. The average Bonchev–Trinajstić information content (AvgIpc) is 2.50. The highest BCUT2D eigenvalue weighted by Gasteiger charge is 2.06. The minimum absolute atomic E-state index is 0.0363. The Labute approximate surface area is 121 Å². The average molecular weight is 271 g/mol. The van der Waals surface area contributed by atoms with Gasteiger partial charge in [-0.3, -0.25) is 0 Å². The lowest BCUT2D eigenvalue weighted by atomic mass is 10.0. The Kier molecular flexibility index (Phi) is 6.03. The molecule has 0 radical (unpaired) electrons. The summed E-state index contributed by atoms with van der Waals surface area (Å²) in [7, 11) is 0. The van der Waals surface area contributed by atoms with Crippen LogP contribution in [0, 0.1) is 0 Å². The first kappa shape index (κ1) is 15.0. The van der Waals surface area contributed by atoms with Gasteiger partial charge in [0.2, 0.25) is 0 Å². The SMILES string of the molecule is CCCCCCOCC(N)c1ccc2ccccc2c1. The van der Waals surface area contributed by atoms with E-state index in [1.807, 2.05) is 0 Å². The Bertz CT molecular complexity index is 524. The molecule has 2 rings (SSSR count). The zero-order chi connectivity index (χ0) is 14.2. The Morgan fingerprint density at radius 2 is 1.80 bits per heavy atom. The molecular formula is C18H25NO. The lowest BCUT2D eigenvalue weighted by molar-refractivity contribution is 0.117. The van der Waals surface area contributed by atoms with Crippen molar-refractivity contribution in [3.63, 3.8) is 0 Å². The fourth-order valence-electron chi connectivity index (χ4n) is 2.38. The minimum atomic E-state index is -0.0363. The summed E-state index contributed by atoms with van der Waals surface area (Å²) in [5, 5.41) is 2.49. The number of ether oxygens (including phenoxy) is 1. The first-order chi connectivity index (χ1) is 9.81.